The standard InChI is InChI=1S/C24H20N4O/c1-29-19-13-11-17(12-14-19)15-16-28-23(18-7-3-2-4-8-18)27-22-24(28)26-21-10-6-5-9-20(21)25-22/h2-14H,15-16H2,1H3. The van der Waals surface area contributed by atoms with Crippen molar-refractivity contribution in [1.29, 1.82) is 0 Å². The van der Waals surface area contributed by atoms with Crippen molar-refractivity contribution in [3.63, 3.8) is 0 Å². The molecule has 2 aromatic heterocycles. The molecule has 0 saturated carbocycles. The highest BCUT2D eigenvalue weighted by Crippen LogP contribution is 2.25. The Labute approximate surface area is 168 Å². The number of ether oxygens (including phenoxy) is 1. The molecule has 0 bridgehead atoms. The van der Waals surface area contributed by atoms with Gasteiger partial charge in [-0.15, -0.1) is 0 Å². The van der Waals surface area contributed by atoms with E-state index >= 15 is 0 Å². The number of aryl methyl sites for hydroxylation is 2. The van der Waals surface area contributed by atoms with Crippen molar-refractivity contribution in [2.75, 3.05) is 7.11 Å². The van der Waals surface area contributed by atoms with E-state index in [-0.39, 0.29) is 0 Å². The number of fused-ring (bicyclic) bond motifs is 2. The van der Waals surface area contributed by atoms with Crippen LogP contribution in [0.1, 0.15) is 5.56 Å². The number of benzene rings is 3. The average Bonchev–Trinajstić information content (AvgIpc) is 3.14. The normalized spacial score (nSPS) is 11.2. The fourth-order valence-corrected chi connectivity index (χ4v) is 3.55. The third-order valence-corrected chi connectivity index (χ3v) is 5.07. The molecular formula is C24H20N4O. The largest absolute Gasteiger partial charge is 0.497 e. The molecule has 29 heavy (non-hydrogen) atoms. The summed E-state index contributed by atoms with van der Waals surface area (Å²) in [5.74, 6) is 1.76. The van der Waals surface area contributed by atoms with Gasteiger partial charge in [-0.2, -0.15) is 0 Å². The molecule has 0 aliphatic rings. The summed E-state index contributed by atoms with van der Waals surface area (Å²) in [5, 5.41) is 0. The van der Waals surface area contributed by atoms with E-state index < -0.39 is 0 Å². The molecule has 0 N–H and O–H groups in total. The first-order valence-corrected chi connectivity index (χ1v) is 9.63. The predicted octanol–water partition coefficient (Wildman–Crippen LogP) is 4.90. The van der Waals surface area contributed by atoms with Crippen LogP contribution in [0.5, 0.6) is 5.75 Å². The first-order chi connectivity index (χ1) is 14.3. The van der Waals surface area contributed by atoms with E-state index in [2.05, 4.69) is 28.8 Å². The van der Waals surface area contributed by atoms with Gasteiger partial charge in [0, 0.05) is 12.1 Å². The molecule has 5 nitrogen and oxygen atoms in total. The van der Waals surface area contributed by atoms with Crippen molar-refractivity contribution in [3.8, 4) is 17.1 Å². The zero-order valence-corrected chi connectivity index (χ0v) is 16.1. The van der Waals surface area contributed by atoms with Gasteiger partial charge in [-0.1, -0.05) is 54.6 Å². The third-order valence-electron chi connectivity index (χ3n) is 5.07. The molecule has 0 radical (unpaired) electrons. The van der Waals surface area contributed by atoms with Gasteiger partial charge in [-0.05, 0) is 36.2 Å². The summed E-state index contributed by atoms with van der Waals surface area (Å²) in [6.07, 6.45) is 0.865. The Morgan fingerprint density at radius 2 is 1.45 bits per heavy atom. The van der Waals surface area contributed by atoms with Crippen LogP contribution in [0.2, 0.25) is 0 Å². The lowest BCUT2D eigenvalue weighted by atomic mass is 10.1. The second kappa shape index (κ2) is 7.36. The lowest BCUT2D eigenvalue weighted by molar-refractivity contribution is 0.414. The minimum Gasteiger partial charge on any atom is -0.497 e. The summed E-state index contributed by atoms with van der Waals surface area (Å²) >= 11 is 0. The Hall–Kier alpha value is -3.73. The van der Waals surface area contributed by atoms with Crippen molar-refractivity contribution in [1.82, 2.24) is 19.5 Å². The van der Waals surface area contributed by atoms with E-state index in [0.29, 0.717) is 5.65 Å². The van der Waals surface area contributed by atoms with Crippen LogP contribution in [0.3, 0.4) is 0 Å². The monoisotopic (exact) mass is 380 g/mol. The maximum Gasteiger partial charge on any atom is 0.198 e. The van der Waals surface area contributed by atoms with Crippen molar-refractivity contribution >= 4 is 22.3 Å². The van der Waals surface area contributed by atoms with Gasteiger partial charge >= 0.3 is 0 Å². The lowest BCUT2D eigenvalue weighted by Gasteiger charge is -2.09. The van der Waals surface area contributed by atoms with Crippen molar-refractivity contribution in [2.45, 2.75) is 13.0 Å². The second-order valence-electron chi connectivity index (χ2n) is 6.91. The number of rotatable bonds is 5. The van der Waals surface area contributed by atoms with Crippen molar-refractivity contribution in [2.24, 2.45) is 0 Å². The fraction of sp³-hybridized carbons (Fsp3) is 0.125. The highest BCUT2D eigenvalue weighted by atomic mass is 16.5. The molecule has 0 unspecified atom stereocenters. The zero-order valence-electron chi connectivity index (χ0n) is 16.1. The van der Waals surface area contributed by atoms with Crippen LogP contribution < -0.4 is 4.74 Å². The Bertz CT molecular complexity index is 1280. The molecule has 0 spiro atoms. The molecule has 0 atom stereocenters. The number of imidazole rings is 1. The average molecular weight is 380 g/mol. The minimum atomic E-state index is 0.678. The van der Waals surface area contributed by atoms with Crippen LogP contribution in [0, 0.1) is 0 Å². The number of para-hydroxylation sites is 2. The van der Waals surface area contributed by atoms with Gasteiger partial charge in [0.2, 0.25) is 0 Å². The fourth-order valence-electron chi connectivity index (χ4n) is 3.55. The molecule has 0 aliphatic carbocycles. The molecule has 5 aromatic rings. The summed E-state index contributed by atoms with van der Waals surface area (Å²) in [7, 11) is 1.68. The van der Waals surface area contributed by atoms with Gasteiger partial charge in [0.25, 0.3) is 0 Å². The van der Waals surface area contributed by atoms with Crippen LogP contribution in [0.25, 0.3) is 33.7 Å². The minimum absolute atomic E-state index is 0.678. The molecule has 5 rings (SSSR count). The van der Waals surface area contributed by atoms with E-state index in [9.17, 15) is 0 Å². The predicted molar refractivity (Wildman–Crippen MR) is 115 cm³/mol. The number of nitrogens with zero attached hydrogens (tertiary/aromatic N) is 4. The van der Waals surface area contributed by atoms with Gasteiger partial charge in [0.1, 0.15) is 11.6 Å². The maximum atomic E-state index is 5.26. The summed E-state index contributed by atoms with van der Waals surface area (Å²) in [5.41, 5.74) is 5.53. The van der Waals surface area contributed by atoms with E-state index in [1.807, 2.05) is 54.6 Å². The number of methoxy groups -OCH3 is 1. The maximum absolute atomic E-state index is 5.26. The summed E-state index contributed by atoms with van der Waals surface area (Å²) in [6.45, 7) is 0.764. The van der Waals surface area contributed by atoms with Gasteiger partial charge in [-0.3, -0.25) is 0 Å². The van der Waals surface area contributed by atoms with E-state index in [0.717, 1.165) is 46.8 Å². The van der Waals surface area contributed by atoms with Gasteiger partial charge in [-0.25, -0.2) is 15.0 Å². The van der Waals surface area contributed by atoms with Crippen LogP contribution in [-0.4, -0.2) is 26.6 Å². The molecule has 0 fully saturated rings. The number of hydrogen-bond donors (Lipinski definition) is 0. The van der Waals surface area contributed by atoms with Crippen LogP contribution in [0.4, 0.5) is 0 Å². The Morgan fingerprint density at radius 1 is 0.759 bits per heavy atom. The zero-order chi connectivity index (χ0) is 19.6. The SMILES string of the molecule is COc1ccc(CCn2c(-c3ccccc3)nc3nc4ccccc4nc32)cc1. The first-order valence-electron chi connectivity index (χ1n) is 9.63. The highest BCUT2D eigenvalue weighted by Gasteiger charge is 2.16. The van der Waals surface area contributed by atoms with E-state index in [1.54, 1.807) is 7.11 Å². The smallest absolute Gasteiger partial charge is 0.198 e. The summed E-state index contributed by atoms with van der Waals surface area (Å²) in [4.78, 5) is 14.5. The molecule has 0 saturated heterocycles. The Morgan fingerprint density at radius 3 is 2.17 bits per heavy atom. The summed E-state index contributed by atoms with van der Waals surface area (Å²) in [6, 6.07) is 26.3. The van der Waals surface area contributed by atoms with E-state index in [1.165, 1.54) is 5.56 Å². The molecule has 0 aliphatic heterocycles. The van der Waals surface area contributed by atoms with Crippen molar-refractivity contribution < 1.29 is 4.74 Å². The number of hydrogen-bond acceptors (Lipinski definition) is 4. The van der Waals surface area contributed by atoms with Gasteiger partial charge in [0.05, 0.1) is 18.1 Å². The topological polar surface area (TPSA) is 52.8 Å². The molecule has 2 heterocycles. The van der Waals surface area contributed by atoms with Crippen LogP contribution in [0.15, 0.2) is 78.9 Å². The quantitative estimate of drug-likeness (QED) is 0.435. The Balaban J connectivity index is 1.60. The van der Waals surface area contributed by atoms with Crippen LogP contribution >= 0.6 is 0 Å². The molecule has 142 valence electrons. The molecule has 0 amide bonds. The second-order valence-corrected chi connectivity index (χ2v) is 6.91. The van der Waals surface area contributed by atoms with Crippen LogP contribution in [-0.2, 0) is 13.0 Å². The lowest BCUT2D eigenvalue weighted by Crippen LogP contribution is -2.05. The first kappa shape index (κ1) is 17.4. The third kappa shape index (κ3) is 3.31. The molecule has 5 heteroatoms. The molecule has 3 aromatic carbocycles. The number of aromatic nitrogens is 4. The van der Waals surface area contributed by atoms with Gasteiger partial charge in [0.15, 0.2) is 11.3 Å². The van der Waals surface area contributed by atoms with E-state index in [4.69, 9.17) is 19.7 Å². The summed E-state index contributed by atoms with van der Waals surface area (Å²) < 4.78 is 7.44. The highest BCUT2D eigenvalue weighted by molar-refractivity contribution is 5.84. The van der Waals surface area contributed by atoms with Crippen molar-refractivity contribution in [3.05, 3.63) is 84.4 Å². The Kier molecular flexibility index (Phi) is 4.41. The molecular weight excluding hydrogens is 360 g/mol. The van der Waals surface area contributed by atoms with Gasteiger partial charge < -0.3 is 9.30 Å².